The minimum Gasteiger partial charge on any atom is -0.462 e. The topological polar surface area (TPSA) is 78.9 Å². The number of carbonyl (C=O) groups excluding carboxylic acids is 3. The number of rotatable bonds is 58. The number of unbranched alkanes of at least 4 members (excludes halogenated alkanes) is 43. The van der Waals surface area contributed by atoms with E-state index in [9.17, 15) is 14.4 Å². The highest BCUT2D eigenvalue weighted by Gasteiger charge is 2.19. The van der Waals surface area contributed by atoms with Crippen molar-refractivity contribution in [1.29, 1.82) is 0 Å². The largest absolute Gasteiger partial charge is 0.462 e. The predicted octanol–water partition coefficient (Wildman–Crippen LogP) is 21.1. The monoisotopic (exact) mass is 985 g/mol. The van der Waals surface area contributed by atoms with Crippen molar-refractivity contribution in [3.8, 4) is 0 Å². The van der Waals surface area contributed by atoms with Crippen LogP contribution >= 0.6 is 0 Å². The molecule has 0 aliphatic heterocycles. The quantitative estimate of drug-likeness (QED) is 0.0261. The summed E-state index contributed by atoms with van der Waals surface area (Å²) in [7, 11) is 0. The minimum atomic E-state index is -0.764. The van der Waals surface area contributed by atoms with Crippen LogP contribution in [-0.2, 0) is 28.6 Å². The molecule has 0 bridgehead atoms. The van der Waals surface area contributed by atoms with Crippen LogP contribution in [-0.4, -0.2) is 37.2 Å². The molecule has 6 heteroatoms. The Morgan fingerprint density at radius 3 is 0.786 bits per heavy atom. The molecule has 0 spiro atoms. The molecule has 0 fully saturated rings. The number of ether oxygens (including phenoxy) is 3. The lowest BCUT2D eigenvalue weighted by atomic mass is 10.0. The first-order valence-electron chi connectivity index (χ1n) is 31.3. The van der Waals surface area contributed by atoms with Crippen LogP contribution in [0.1, 0.15) is 348 Å². The molecular formula is C64H120O6. The van der Waals surface area contributed by atoms with Gasteiger partial charge in [-0.05, 0) is 51.4 Å². The molecule has 0 aromatic carbocycles. The lowest BCUT2D eigenvalue weighted by Gasteiger charge is -2.18. The molecule has 0 saturated heterocycles. The molecule has 1 atom stereocenters. The fourth-order valence-corrected chi connectivity index (χ4v) is 9.48. The van der Waals surface area contributed by atoms with Crippen molar-refractivity contribution < 1.29 is 28.6 Å². The first-order valence-corrected chi connectivity index (χ1v) is 31.3. The van der Waals surface area contributed by atoms with Gasteiger partial charge in [-0.25, -0.2) is 0 Å². The Bertz CT molecular complexity index is 1130. The van der Waals surface area contributed by atoms with Gasteiger partial charge in [-0.2, -0.15) is 0 Å². The van der Waals surface area contributed by atoms with Crippen LogP contribution in [0.4, 0.5) is 0 Å². The van der Waals surface area contributed by atoms with Crippen molar-refractivity contribution >= 4 is 17.9 Å². The van der Waals surface area contributed by atoms with Crippen LogP contribution in [0.2, 0.25) is 0 Å². The molecule has 0 amide bonds. The van der Waals surface area contributed by atoms with Crippen LogP contribution in [0.5, 0.6) is 0 Å². The molecular weight excluding hydrogens is 865 g/mol. The van der Waals surface area contributed by atoms with Crippen molar-refractivity contribution in [3.63, 3.8) is 0 Å². The Hall–Kier alpha value is -2.11. The van der Waals surface area contributed by atoms with Crippen molar-refractivity contribution in [3.05, 3.63) is 24.3 Å². The van der Waals surface area contributed by atoms with E-state index in [0.29, 0.717) is 19.3 Å². The molecule has 0 aromatic heterocycles. The first-order chi connectivity index (χ1) is 34.5. The Morgan fingerprint density at radius 1 is 0.286 bits per heavy atom. The van der Waals surface area contributed by atoms with Gasteiger partial charge >= 0.3 is 17.9 Å². The molecule has 0 heterocycles. The Morgan fingerprint density at radius 2 is 0.514 bits per heavy atom. The summed E-state index contributed by atoms with van der Waals surface area (Å²) < 4.78 is 16.9. The summed E-state index contributed by atoms with van der Waals surface area (Å²) in [6.45, 7) is 6.68. The van der Waals surface area contributed by atoms with Crippen molar-refractivity contribution in [1.82, 2.24) is 0 Å². The zero-order valence-corrected chi connectivity index (χ0v) is 47.3. The highest BCUT2D eigenvalue weighted by atomic mass is 16.6. The van der Waals surface area contributed by atoms with E-state index in [1.165, 1.54) is 244 Å². The average Bonchev–Trinajstić information content (AvgIpc) is 3.36. The molecule has 412 valence electrons. The van der Waals surface area contributed by atoms with Gasteiger partial charge in [-0.15, -0.1) is 0 Å². The van der Waals surface area contributed by atoms with Gasteiger partial charge in [0.25, 0.3) is 0 Å². The summed E-state index contributed by atoms with van der Waals surface area (Å²) in [5.41, 5.74) is 0. The highest BCUT2D eigenvalue weighted by molar-refractivity contribution is 5.71. The number of hydrogen-bond donors (Lipinski definition) is 0. The third kappa shape index (κ3) is 56.8. The third-order valence-electron chi connectivity index (χ3n) is 14.2. The maximum Gasteiger partial charge on any atom is 0.306 e. The molecule has 1 unspecified atom stereocenters. The van der Waals surface area contributed by atoms with Gasteiger partial charge in [-0.1, -0.05) is 302 Å². The van der Waals surface area contributed by atoms with Gasteiger partial charge in [0.1, 0.15) is 13.2 Å². The smallest absolute Gasteiger partial charge is 0.306 e. The van der Waals surface area contributed by atoms with Crippen LogP contribution in [0.15, 0.2) is 24.3 Å². The van der Waals surface area contributed by atoms with Gasteiger partial charge in [0.2, 0.25) is 0 Å². The summed E-state index contributed by atoms with van der Waals surface area (Å²) in [5, 5.41) is 0. The normalized spacial score (nSPS) is 12.1. The molecule has 0 saturated carbocycles. The number of hydrogen-bond acceptors (Lipinski definition) is 6. The minimum absolute atomic E-state index is 0.0646. The molecule has 0 aromatic rings. The van der Waals surface area contributed by atoms with Gasteiger partial charge < -0.3 is 14.2 Å². The van der Waals surface area contributed by atoms with E-state index in [0.717, 1.165) is 64.2 Å². The highest BCUT2D eigenvalue weighted by Crippen LogP contribution is 2.18. The summed E-state index contributed by atoms with van der Waals surface area (Å²) in [6.07, 6.45) is 70.5. The maximum absolute atomic E-state index is 12.8. The van der Waals surface area contributed by atoms with Gasteiger partial charge in [0.15, 0.2) is 6.10 Å². The molecule has 70 heavy (non-hydrogen) atoms. The summed E-state index contributed by atoms with van der Waals surface area (Å²) in [6, 6.07) is 0. The molecule has 0 aliphatic rings. The van der Waals surface area contributed by atoms with E-state index in [-0.39, 0.29) is 31.1 Å². The van der Waals surface area contributed by atoms with E-state index in [4.69, 9.17) is 14.2 Å². The van der Waals surface area contributed by atoms with E-state index in [1.54, 1.807) is 0 Å². The maximum atomic E-state index is 12.8. The fourth-order valence-electron chi connectivity index (χ4n) is 9.48. The second-order valence-electron chi connectivity index (χ2n) is 21.3. The number of carbonyl (C=O) groups is 3. The van der Waals surface area contributed by atoms with Gasteiger partial charge in [-0.3, -0.25) is 14.4 Å². The van der Waals surface area contributed by atoms with E-state index >= 15 is 0 Å². The van der Waals surface area contributed by atoms with E-state index in [2.05, 4.69) is 45.1 Å². The SMILES string of the molecule is CCCCCCC/C=C\C/C=C\CCCCCCCCCCCCCCCCCC(=O)OCC(COC(=O)CCCCCCCCCCCCC)OC(=O)CCCCCCCCCCCCCCCC. The van der Waals surface area contributed by atoms with Crippen LogP contribution in [0, 0.1) is 0 Å². The third-order valence-corrected chi connectivity index (χ3v) is 14.2. The van der Waals surface area contributed by atoms with Crippen LogP contribution < -0.4 is 0 Å². The standard InChI is InChI=1S/C64H120O6/c1-4-7-10-13-16-19-22-24-26-27-28-29-30-31-32-33-34-35-36-37-38-40-42-45-48-51-54-57-63(66)69-60-61(59-68-62(65)56-53-50-47-44-41-21-18-15-12-9-6-3)70-64(67)58-55-52-49-46-43-39-25-23-20-17-14-11-8-5-2/h22,24,27-28,61H,4-21,23,25-26,29-60H2,1-3H3/b24-22-,28-27-. The lowest BCUT2D eigenvalue weighted by Crippen LogP contribution is -2.30. The Labute approximate surface area is 436 Å². The van der Waals surface area contributed by atoms with E-state index in [1.807, 2.05) is 0 Å². The van der Waals surface area contributed by atoms with Crippen LogP contribution in [0.25, 0.3) is 0 Å². The fraction of sp³-hybridized carbons (Fsp3) is 0.891. The molecule has 0 rings (SSSR count). The zero-order chi connectivity index (χ0) is 50.7. The second kappa shape index (κ2) is 59.5. The summed E-state index contributed by atoms with van der Waals surface area (Å²) >= 11 is 0. The molecule has 0 radical (unpaired) electrons. The van der Waals surface area contributed by atoms with Crippen molar-refractivity contribution in [2.75, 3.05) is 13.2 Å². The zero-order valence-electron chi connectivity index (χ0n) is 47.3. The number of allylic oxidation sites excluding steroid dienone is 4. The average molecular weight is 986 g/mol. The summed E-state index contributed by atoms with van der Waals surface area (Å²) in [4.78, 5) is 38.1. The molecule has 0 N–H and O–H groups in total. The van der Waals surface area contributed by atoms with Gasteiger partial charge in [0, 0.05) is 19.3 Å². The first kappa shape index (κ1) is 67.9. The van der Waals surface area contributed by atoms with Crippen LogP contribution in [0.3, 0.4) is 0 Å². The number of esters is 3. The predicted molar refractivity (Wildman–Crippen MR) is 303 cm³/mol. The second-order valence-corrected chi connectivity index (χ2v) is 21.3. The Kier molecular flexibility index (Phi) is 57.7. The van der Waals surface area contributed by atoms with Gasteiger partial charge in [0.05, 0.1) is 0 Å². The molecule has 6 nitrogen and oxygen atoms in total. The Balaban J connectivity index is 4.14. The van der Waals surface area contributed by atoms with Crippen molar-refractivity contribution in [2.45, 2.75) is 354 Å². The van der Waals surface area contributed by atoms with E-state index < -0.39 is 6.10 Å². The lowest BCUT2D eigenvalue weighted by molar-refractivity contribution is -0.167. The molecule has 0 aliphatic carbocycles. The van der Waals surface area contributed by atoms with Crippen molar-refractivity contribution in [2.24, 2.45) is 0 Å². The summed E-state index contributed by atoms with van der Waals surface area (Å²) in [5.74, 6) is -0.841.